The Balaban J connectivity index is 1.73. The van der Waals surface area contributed by atoms with E-state index < -0.39 is 5.60 Å². The molecule has 6 nitrogen and oxygen atoms in total. The number of hydrogen-bond donors (Lipinski definition) is 2. The number of piperazine rings is 1. The standard InChI is InChI=1S/C20H33N3O3/c1-15-10-16(2)12-18(11-15)26-9-6-21-19(24)23-8-7-22(13-17(23)3)14-20(4,5)25/h10-12,17,25H,6-9,13-14H2,1-5H3,(H,21,24). The first-order valence-corrected chi connectivity index (χ1v) is 9.34. The fourth-order valence-corrected chi connectivity index (χ4v) is 3.47. The predicted octanol–water partition coefficient (Wildman–Crippen LogP) is 2.17. The summed E-state index contributed by atoms with van der Waals surface area (Å²) in [5, 5.41) is 12.9. The summed E-state index contributed by atoms with van der Waals surface area (Å²) >= 11 is 0. The second-order valence-electron chi connectivity index (χ2n) is 7.99. The van der Waals surface area contributed by atoms with E-state index in [0.717, 1.165) is 18.8 Å². The van der Waals surface area contributed by atoms with Crippen molar-refractivity contribution in [2.75, 3.05) is 39.3 Å². The van der Waals surface area contributed by atoms with Crippen molar-refractivity contribution in [2.45, 2.75) is 46.3 Å². The molecule has 1 unspecified atom stereocenters. The lowest BCUT2D eigenvalue weighted by Gasteiger charge is -2.41. The second-order valence-corrected chi connectivity index (χ2v) is 7.99. The Morgan fingerprint density at radius 1 is 1.27 bits per heavy atom. The molecule has 0 saturated carbocycles. The maximum Gasteiger partial charge on any atom is 0.317 e. The molecule has 1 atom stereocenters. The van der Waals surface area contributed by atoms with Crippen LogP contribution in [0.15, 0.2) is 18.2 Å². The van der Waals surface area contributed by atoms with E-state index in [1.54, 1.807) is 0 Å². The molecule has 0 aromatic heterocycles. The number of amides is 2. The fourth-order valence-electron chi connectivity index (χ4n) is 3.47. The molecule has 2 N–H and O–H groups in total. The van der Waals surface area contributed by atoms with Crippen LogP contribution in [0.2, 0.25) is 0 Å². The number of carbonyl (C=O) groups is 1. The van der Waals surface area contributed by atoms with Crippen molar-refractivity contribution in [1.29, 1.82) is 0 Å². The van der Waals surface area contributed by atoms with Gasteiger partial charge in [-0.05, 0) is 57.9 Å². The molecule has 0 aliphatic carbocycles. The molecule has 1 aliphatic rings. The van der Waals surface area contributed by atoms with Gasteiger partial charge in [0.05, 0.1) is 12.1 Å². The summed E-state index contributed by atoms with van der Waals surface area (Å²) in [6.07, 6.45) is 0. The van der Waals surface area contributed by atoms with Crippen molar-refractivity contribution < 1.29 is 14.6 Å². The number of carbonyl (C=O) groups excluding carboxylic acids is 1. The van der Waals surface area contributed by atoms with Gasteiger partial charge in [-0.3, -0.25) is 4.90 Å². The highest BCUT2D eigenvalue weighted by Crippen LogP contribution is 2.16. The summed E-state index contributed by atoms with van der Waals surface area (Å²) in [5.41, 5.74) is 1.62. The van der Waals surface area contributed by atoms with E-state index in [2.05, 4.69) is 16.3 Å². The highest BCUT2D eigenvalue weighted by Gasteiger charge is 2.29. The highest BCUT2D eigenvalue weighted by molar-refractivity contribution is 5.74. The van der Waals surface area contributed by atoms with Gasteiger partial charge in [-0.25, -0.2) is 4.79 Å². The van der Waals surface area contributed by atoms with Gasteiger partial charge < -0.3 is 20.1 Å². The van der Waals surface area contributed by atoms with Gasteiger partial charge in [-0.2, -0.15) is 0 Å². The lowest BCUT2D eigenvalue weighted by atomic mass is 10.1. The number of urea groups is 1. The number of ether oxygens (including phenoxy) is 1. The van der Waals surface area contributed by atoms with Gasteiger partial charge in [0.2, 0.25) is 0 Å². The molecule has 2 amide bonds. The average molecular weight is 364 g/mol. The Hall–Kier alpha value is -1.79. The van der Waals surface area contributed by atoms with Crippen LogP contribution in [-0.2, 0) is 0 Å². The van der Waals surface area contributed by atoms with Crippen molar-refractivity contribution >= 4 is 6.03 Å². The molecule has 1 saturated heterocycles. The molecule has 1 heterocycles. The van der Waals surface area contributed by atoms with Gasteiger partial charge >= 0.3 is 6.03 Å². The summed E-state index contributed by atoms with van der Waals surface area (Å²) in [4.78, 5) is 16.5. The van der Waals surface area contributed by atoms with Crippen LogP contribution in [-0.4, -0.2) is 71.9 Å². The number of benzene rings is 1. The maximum absolute atomic E-state index is 12.4. The quantitative estimate of drug-likeness (QED) is 0.761. The highest BCUT2D eigenvalue weighted by atomic mass is 16.5. The number of hydrogen-bond acceptors (Lipinski definition) is 4. The zero-order valence-corrected chi connectivity index (χ0v) is 16.7. The molecule has 0 radical (unpaired) electrons. The third-order valence-corrected chi connectivity index (χ3v) is 4.43. The number of rotatable bonds is 6. The van der Waals surface area contributed by atoms with Crippen molar-refractivity contribution in [2.24, 2.45) is 0 Å². The molecular formula is C20H33N3O3. The smallest absolute Gasteiger partial charge is 0.317 e. The summed E-state index contributed by atoms with van der Waals surface area (Å²) in [6, 6.07) is 6.17. The molecule has 1 aliphatic heterocycles. The third kappa shape index (κ3) is 6.50. The van der Waals surface area contributed by atoms with Gasteiger partial charge in [0, 0.05) is 32.2 Å². The van der Waals surface area contributed by atoms with Crippen molar-refractivity contribution in [1.82, 2.24) is 15.1 Å². The van der Waals surface area contributed by atoms with Crippen molar-refractivity contribution in [3.05, 3.63) is 29.3 Å². The number of nitrogens with one attached hydrogen (secondary N) is 1. The minimum atomic E-state index is -0.713. The predicted molar refractivity (Wildman–Crippen MR) is 104 cm³/mol. The molecule has 1 aromatic carbocycles. The van der Waals surface area contributed by atoms with E-state index >= 15 is 0 Å². The lowest BCUT2D eigenvalue weighted by Crippen LogP contribution is -2.58. The van der Waals surface area contributed by atoms with Crippen LogP contribution in [0.25, 0.3) is 0 Å². The molecule has 146 valence electrons. The van der Waals surface area contributed by atoms with Gasteiger partial charge in [-0.15, -0.1) is 0 Å². The van der Waals surface area contributed by atoms with E-state index in [1.165, 1.54) is 11.1 Å². The normalized spacial score (nSPS) is 18.7. The van der Waals surface area contributed by atoms with Gasteiger partial charge in [-0.1, -0.05) is 6.07 Å². The van der Waals surface area contributed by atoms with E-state index in [0.29, 0.717) is 26.2 Å². The Morgan fingerprint density at radius 2 is 1.92 bits per heavy atom. The molecule has 0 spiro atoms. The summed E-state index contributed by atoms with van der Waals surface area (Å²) in [5.74, 6) is 0.838. The molecule has 26 heavy (non-hydrogen) atoms. The molecule has 0 bridgehead atoms. The van der Waals surface area contributed by atoms with Crippen LogP contribution in [0.5, 0.6) is 5.75 Å². The van der Waals surface area contributed by atoms with E-state index in [-0.39, 0.29) is 12.1 Å². The Bertz CT molecular complexity index is 593. The van der Waals surface area contributed by atoms with E-state index in [4.69, 9.17) is 4.74 Å². The van der Waals surface area contributed by atoms with Gasteiger partial charge in [0.15, 0.2) is 0 Å². The van der Waals surface area contributed by atoms with Crippen LogP contribution in [0.1, 0.15) is 31.9 Å². The first-order valence-electron chi connectivity index (χ1n) is 9.34. The summed E-state index contributed by atoms with van der Waals surface area (Å²) < 4.78 is 5.73. The molecule has 1 aromatic rings. The fraction of sp³-hybridized carbons (Fsp3) is 0.650. The zero-order chi connectivity index (χ0) is 19.3. The number of nitrogens with zero attached hydrogens (tertiary/aromatic N) is 2. The second kappa shape index (κ2) is 8.73. The monoisotopic (exact) mass is 363 g/mol. The molecule has 1 fully saturated rings. The number of aryl methyl sites for hydroxylation is 2. The Morgan fingerprint density at radius 3 is 2.50 bits per heavy atom. The first-order chi connectivity index (χ1) is 12.1. The number of aliphatic hydroxyl groups is 1. The topological polar surface area (TPSA) is 65.0 Å². The van der Waals surface area contributed by atoms with Crippen molar-refractivity contribution in [3.8, 4) is 5.75 Å². The lowest BCUT2D eigenvalue weighted by molar-refractivity contribution is 0.0119. The maximum atomic E-state index is 12.4. The molecule has 6 heteroatoms. The Labute approximate surface area is 157 Å². The summed E-state index contributed by atoms with van der Waals surface area (Å²) in [7, 11) is 0. The van der Waals surface area contributed by atoms with Crippen LogP contribution in [0.3, 0.4) is 0 Å². The Kier molecular flexibility index (Phi) is 6.89. The number of β-amino-alcohol motifs (C(OH)–C–C–N with tert-alkyl or cyclic N) is 1. The first kappa shape index (κ1) is 20.5. The summed E-state index contributed by atoms with van der Waals surface area (Å²) in [6.45, 7) is 13.5. The zero-order valence-electron chi connectivity index (χ0n) is 16.7. The third-order valence-electron chi connectivity index (χ3n) is 4.43. The minimum Gasteiger partial charge on any atom is -0.492 e. The van der Waals surface area contributed by atoms with Crippen LogP contribution < -0.4 is 10.1 Å². The van der Waals surface area contributed by atoms with Gasteiger partial charge in [0.1, 0.15) is 12.4 Å². The van der Waals surface area contributed by atoms with E-state index in [9.17, 15) is 9.90 Å². The van der Waals surface area contributed by atoms with Gasteiger partial charge in [0.25, 0.3) is 0 Å². The van der Waals surface area contributed by atoms with Crippen molar-refractivity contribution in [3.63, 3.8) is 0 Å². The largest absolute Gasteiger partial charge is 0.492 e. The van der Waals surface area contributed by atoms with Crippen LogP contribution in [0.4, 0.5) is 4.79 Å². The van der Waals surface area contributed by atoms with E-state index in [1.807, 2.05) is 51.7 Å². The minimum absolute atomic E-state index is 0.0515. The SMILES string of the molecule is Cc1cc(C)cc(OCCNC(=O)N2CCN(CC(C)(C)O)CC2C)c1. The molecule has 2 rings (SSSR count). The average Bonchev–Trinajstić information content (AvgIpc) is 2.49. The molecular weight excluding hydrogens is 330 g/mol. The van der Waals surface area contributed by atoms with Crippen LogP contribution in [0, 0.1) is 13.8 Å². The van der Waals surface area contributed by atoms with Crippen LogP contribution >= 0.6 is 0 Å².